The Morgan fingerprint density at radius 3 is 2.94 bits per heavy atom. The van der Waals surface area contributed by atoms with Gasteiger partial charge in [-0.1, -0.05) is 0 Å². The van der Waals surface area contributed by atoms with E-state index in [1.165, 1.54) is 12.5 Å². The van der Waals surface area contributed by atoms with Crippen LogP contribution in [0.5, 0.6) is 0 Å². The van der Waals surface area contributed by atoms with Gasteiger partial charge in [-0.2, -0.15) is 0 Å². The third-order valence-corrected chi connectivity index (χ3v) is 3.84. The van der Waals surface area contributed by atoms with Crippen LogP contribution in [-0.4, -0.2) is 26.3 Å². The van der Waals surface area contributed by atoms with Crippen LogP contribution in [0, 0.1) is 5.82 Å². The number of rotatable bonds is 3. The van der Waals surface area contributed by atoms with Crippen molar-refractivity contribution in [2.75, 3.05) is 30.8 Å². The monoisotopic (exact) mass is 316 g/mol. The molecule has 0 aromatic heterocycles. The van der Waals surface area contributed by atoms with Crippen LogP contribution in [0.2, 0.25) is 0 Å². The quantitative estimate of drug-likeness (QED) is 0.870. The van der Waals surface area contributed by atoms with Gasteiger partial charge in [0.15, 0.2) is 0 Å². The summed E-state index contributed by atoms with van der Waals surface area (Å²) in [4.78, 5) is 1.96. The first kappa shape index (κ1) is 13.6. The van der Waals surface area contributed by atoms with Crippen LogP contribution in [0.15, 0.2) is 16.6 Å². The van der Waals surface area contributed by atoms with Crippen LogP contribution in [0.1, 0.15) is 19.3 Å². The summed E-state index contributed by atoms with van der Waals surface area (Å²) in [7, 11) is 1.91. The molecule has 1 aliphatic rings. The van der Waals surface area contributed by atoms with E-state index in [9.17, 15) is 4.39 Å². The lowest BCUT2D eigenvalue weighted by molar-refractivity contribution is 0.0216. The van der Waals surface area contributed by atoms with Gasteiger partial charge in [0.1, 0.15) is 5.82 Å². The van der Waals surface area contributed by atoms with Gasteiger partial charge in [-0.05, 0) is 41.3 Å². The minimum absolute atomic E-state index is 0.217. The fourth-order valence-electron chi connectivity index (χ4n) is 2.24. The molecule has 1 saturated heterocycles. The Morgan fingerprint density at radius 2 is 2.28 bits per heavy atom. The van der Waals surface area contributed by atoms with Gasteiger partial charge >= 0.3 is 0 Å². The molecule has 1 heterocycles. The van der Waals surface area contributed by atoms with Gasteiger partial charge in [0, 0.05) is 26.3 Å². The number of hydrogen-bond acceptors (Lipinski definition) is 3. The highest BCUT2D eigenvalue weighted by Gasteiger charge is 2.18. The number of nitrogens with zero attached hydrogens (tertiary/aromatic N) is 1. The Hall–Kier alpha value is -0.810. The average Bonchev–Trinajstić information content (AvgIpc) is 2.35. The predicted octanol–water partition coefficient (Wildman–Crippen LogP) is 3.18. The summed E-state index contributed by atoms with van der Waals surface area (Å²) < 4.78 is 19.6. The first-order valence-corrected chi connectivity index (χ1v) is 6.94. The first-order valence-electron chi connectivity index (χ1n) is 6.15. The summed E-state index contributed by atoms with van der Waals surface area (Å²) in [5.41, 5.74) is 7.20. The Morgan fingerprint density at radius 1 is 1.50 bits per heavy atom. The highest BCUT2D eigenvalue weighted by Crippen LogP contribution is 2.29. The van der Waals surface area contributed by atoms with Crippen molar-refractivity contribution in [1.29, 1.82) is 0 Å². The fourth-order valence-corrected chi connectivity index (χ4v) is 2.60. The normalized spacial score (nSPS) is 19.8. The van der Waals surface area contributed by atoms with Crippen molar-refractivity contribution in [2.45, 2.75) is 25.4 Å². The molecular weight excluding hydrogens is 299 g/mol. The van der Waals surface area contributed by atoms with Gasteiger partial charge in [0.2, 0.25) is 0 Å². The summed E-state index contributed by atoms with van der Waals surface area (Å²) in [6, 6.07) is 3.06. The molecule has 18 heavy (non-hydrogen) atoms. The summed E-state index contributed by atoms with van der Waals surface area (Å²) in [6.07, 6.45) is 3.61. The van der Waals surface area contributed by atoms with E-state index in [1.807, 2.05) is 11.9 Å². The number of nitrogens with two attached hydrogens (primary N) is 1. The van der Waals surface area contributed by atoms with E-state index in [0.29, 0.717) is 15.8 Å². The van der Waals surface area contributed by atoms with E-state index in [2.05, 4.69) is 15.9 Å². The molecule has 0 amide bonds. The molecule has 1 aliphatic heterocycles. The van der Waals surface area contributed by atoms with Crippen LogP contribution in [0.25, 0.3) is 0 Å². The lowest BCUT2D eigenvalue weighted by atomic mass is 10.1. The molecule has 1 unspecified atom stereocenters. The number of halogens is 2. The summed E-state index contributed by atoms with van der Waals surface area (Å²) in [5.74, 6) is -0.296. The van der Waals surface area contributed by atoms with E-state index in [0.717, 1.165) is 26.0 Å². The number of hydrogen-bond donors (Lipinski definition) is 1. The van der Waals surface area contributed by atoms with Crippen molar-refractivity contribution in [1.82, 2.24) is 0 Å². The molecule has 2 N–H and O–H groups in total. The van der Waals surface area contributed by atoms with Gasteiger partial charge in [-0.3, -0.25) is 0 Å². The molecule has 1 aromatic rings. The third kappa shape index (κ3) is 3.14. The maximum Gasteiger partial charge on any atom is 0.139 e. The number of ether oxygens (including phenoxy) is 1. The highest BCUT2D eigenvalue weighted by atomic mass is 79.9. The second-order valence-corrected chi connectivity index (χ2v) is 5.55. The lowest BCUT2D eigenvalue weighted by Gasteiger charge is -2.29. The number of benzene rings is 1. The first-order chi connectivity index (χ1) is 8.58. The van der Waals surface area contributed by atoms with Crippen LogP contribution < -0.4 is 10.6 Å². The summed E-state index contributed by atoms with van der Waals surface area (Å²) in [6.45, 7) is 1.56. The molecule has 0 aliphatic carbocycles. The minimum atomic E-state index is -0.296. The molecule has 0 radical (unpaired) electrons. The molecule has 3 nitrogen and oxygen atoms in total. The molecule has 0 spiro atoms. The molecule has 100 valence electrons. The highest BCUT2D eigenvalue weighted by molar-refractivity contribution is 9.10. The maximum absolute atomic E-state index is 13.5. The lowest BCUT2D eigenvalue weighted by Crippen LogP contribution is -2.33. The zero-order valence-corrected chi connectivity index (χ0v) is 12.0. The van der Waals surface area contributed by atoms with E-state index in [4.69, 9.17) is 10.5 Å². The summed E-state index contributed by atoms with van der Waals surface area (Å²) >= 11 is 3.13. The smallest absolute Gasteiger partial charge is 0.139 e. The van der Waals surface area contributed by atoms with Crippen LogP contribution in [-0.2, 0) is 4.74 Å². The standard InChI is InChI=1S/C13H18BrFN2O/c1-17(8-9-4-2-3-5-18-9)13-7-11(15)10(14)6-12(13)16/h6-7,9H,2-5,8,16H2,1H3. The van der Waals surface area contributed by atoms with Gasteiger partial charge in [-0.15, -0.1) is 0 Å². The van der Waals surface area contributed by atoms with Crippen LogP contribution >= 0.6 is 15.9 Å². The molecule has 0 bridgehead atoms. The Bertz CT molecular complexity index is 422. The van der Waals surface area contributed by atoms with Gasteiger partial charge < -0.3 is 15.4 Å². The van der Waals surface area contributed by atoms with Gasteiger partial charge in [0.25, 0.3) is 0 Å². The van der Waals surface area contributed by atoms with Crippen LogP contribution in [0.3, 0.4) is 0 Å². The van der Waals surface area contributed by atoms with Gasteiger partial charge in [-0.25, -0.2) is 4.39 Å². The minimum Gasteiger partial charge on any atom is -0.397 e. The second kappa shape index (κ2) is 5.89. The van der Waals surface area contributed by atoms with Crippen molar-refractivity contribution in [3.8, 4) is 0 Å². The largest absolute Gasteiger partial charge is 0.397 e. The van der Waals surface area contributed by atoms with E-state index in [-0.39, 0.29) is 11.9 Å². The molecule has 0 saturated carbocycles. The SMILES string of the molecule is CN(CC1CCCCO1)c1cc(F)c(Br)cc1N. The Kier molecular flexibility index (Phi) is 4.45. The maximum atomic E-state index is 13.5. The zero-order chi connectivity index (χ0) is 13.1. The molecular formula is C13H18BrFN2O. The second-order valence-electron chi connectivity index (χ2n) is 4.69. The Balaban J connectivity index is 2.08. The number of anilines is 2. The molecule has 1 atom stereocenters. The van der Waals surface area contributed by atoms with Gasteiger partial charge in [0.05, 0.1) is 22.0 Å². The molecule has 2 rings (SSSR count). The molecule has 5 heteroatoms. The topological polar surface area (TPSA) is 38.5 Å². The van der Waals surface area contributed by atoms with Crippen molar-refractivity contribution in [3.63, 3.8) is 0 Å². The predicted molar refractivity (Wildman–Crippen MR) is 75.4 cm³/mol. The van der Waals surface area contributed by atoms with E-state index in [1.54, 1.807) is 6.07 Å². The van der Waals surface area contributed by atoms with Crippen molar-refractivity contribution < 1.29 is 9.13 Å². The van der Waals surface area contributed by atoms with Crippen LogP contribution in [0.4, 0.5) is 15.8 Å². The fraction of sp³-hybridized carbons (Fsp3) is 0.538. The third-order valence-electron chi connectivity index (χ3n) is 3.23. The van der Waals surface area contributed by atoms with Crippen molar-refractivity contribution in [2.24, 2.45) is 0 Å². The molecule has 1 fully saturated rings. The number of nitrogen functional groups attached to an aromatic ring is 1. The van der Waals surface area contributed by atoms with Crippen molar-refractivity contribution >= 4 is 27.3 Å². The molecule has 1 aromatic carbocycles. The average molecular weight is 317 g/mol. The number of likely N-dealkylation sites (N-methyl/N-ethyl adjacent to an activating group) is 1. The summed E-state index contributed by atoms with van der Waals surface area (Å²) in [5, 5.41) is 0. The van der Waals surface area contributed by atoms with E-state index >= 15 is 0 Å². The van der Waals surface area contributed by atoms with E-state index < -0.39 is 0 Å². The van der Waals surface area contributed by atoms with Crippen molar-refractivity contribution in [3.05, 3.63) is 22.4 Å². The Labute approximate surface area is 115 Å². The zero-order valence-electron chi connectivity index (χ0n) is 10.5.